The molecule has 23 heavy (non-hydrogen) atoms. The van der Waals surface area contributed by atoms with Gasteiger partial charge in [-0.05, 0) is 31.8 Å². The number of urea groups is 1. The fraction of sp³-hybridized carbons (Fsp3) is 0.500. The van der Waals surface area contributed by atoms with E-state index >= 15 is 0 Å². The highest BCUT2D eigenvalue weighted by atomic mass is 32.1. The summed E-state index contributed by atoms with van der Waals surface area (Å²) in [5, 5.41) is 7.58. The number of hydrogen-bond donors (Lipinski definition) is 2. The second-order valence-electron chi connectivity index (χ2n) is 5.42. The van der Waals surface area contributed by atoms with Gasteiger partial charge < -0.3 is 15.4 Å². The van der Waals surface area contributed by atoms with Crippen molar-refractivity contribution in [2.45, 2.75) is 32.9 Å². The Hall–Kier alpha value is -1.86. The molecule has 1 aliphatic heterocycles. The maximum absolute atomic E-state index is 12.3. The molecule has 7 heteroatoms. The quantitative estimate of drug-likeness (QED) is 0.748. The molecule has 0 bridgehead atoms. The van der Waals surface area contributed by atoms with Crippen LogP contribution >= 0.6 is 11.3 Å². The van der Waals surface area contributed by atoms with E-state index in [9.17, 15) is 9.59 Å². The molecule has 2 heterocycles. The number of nitrogens with zero attached hydrogens (tertiary/aromatic N) is 1. The van der Waals surface area contributed by atoms with Gasteiger partial charge in [0.05, 0.1) is 18.2 Å². The van der Waals surface area contributed by atoms with Gasteiger partial charge in [0.2, 0.25) is 0 Å². The van der Waals surface area contributed by atoms with Gasteiger partial charge in [0.15, 0.2) is 0 Å². The zero-order valence-electron chi connectivity index (χ0n) is 13.7. The van der Waals surface area contributed by atoms with Crippen molar-refractivity contribution in [1.29, 1.82) is 0 Å². The van der Waals surface area contributed by atoms with Crippen molar-refractivity contribution in [2.24, 2.45) is 0 Å². The van der Waals surface area contributed by atoms with Gasteiger partial charge in [-0.25, -0.2) is 9.59 Å². The Morgan fingerprint density at radius 3 is 2.78 bits per heavy atom. The van der Waals surface area contributed by atoms with Gasteiger partial charge in [-0.2, -0.15) is 0 Å². The van der Waals surface area contributed by atoms with Crippen molar-refractivity contribution in [3.05, 3.63) is 33.7 Å². The van der Waals surface area contributed by atoms with E-state index in [2.05, 4.69) is 21.6 Å². The predicted molar refractivity (Wildman–Crippen MR) is 90.1 cm³/mol. The van der Waals surface area contributed by atoms with E-state index in [1.54, 1.807) is 18.3 Å². The minimum atomic E-state index is -0.369. The first-order valence-electron chi connectivity index (χ1n) is 7.73. The molecule has 0 aliphatic carbocycles. The number of likely N-dealkylation sites (N-methyl/N-ethyl adjacent to an activating group) is 1. The number of carbonyl (C=O) groups is 2. The first kappa shape index (κ1) is 17.5. The lowest BCUT2D eigenvalue weighted by molar-refractivity contribution is -0.139. The highest BCUT2D eigenvalue weighted by Gasteiger charge is 2.31. The Balaban J connectivity index is 2.20. The van der Waals surface area contributed by atoms with Crippen molar-refractivity contribution in [1.82, 2.24) is 15.5 Å². The molecule has 0 aromatic carbocycles. The molecule has 0 radical (unpaired) electrons. The van der Waals surface area contributed by atoms with Gasteiger partial charge in [-0.1, -0.05) is 13.0 Å². The summed E-state index contributed by atoms with van der Waals surface area (Å²) in [5.41, 5.74) is 1.14. The lowest BCUT2D eigenvalue weighted by Crippen LogP contribution is -2.51. The predicted octanol–water partition coefficient (Wildman–Crippen LogP) is 2.09. The molecule has 2 amide bonds. The number of rotatable bonds is 7. The topological polar surface area (TPSA) is 70.7 Å². The fourth-order valence-corrected chi connectivity index (χ4v) is 3.36. The molecule has 1 aromatic heterocycles. The molecule has 0 fully saturated rings. The third-order valence-corrected chi connectivity index (χ3v) is 4.44. The van der Waals surface area contributed by atoms with Crippen molar-refractivity contribution in [3.63, 3.8) is 0 Å². The normalized spacial score (nSPS) is 17.9. The van der Waals surface area contributed by atoms with Crippen molar-refractivity contribution >= 4 is 23.3 Å². The second kappa shape index (κ2) is 8.12. The molecule has 0 saturated carbocycles. The lowest BCUT2D eigenvalue weighted by atomic mass is 10.00. The molecular formula is C16H23N3O3S. The van der Waals surface area contributed by atoms with Crippen molar-refractivity contribution < 1.29 is 14.3 Å². The molecule has 126 valence electrons. The van der Waals surface area contributed by atoms with Gasteiger partial charge in [0.1, 0.15) is 0 Å². The molecule has 2 N–H and O–H groups in total. The number of carbonyl (C=O) groups excluding carboxylic acids is 2. The standard InChI is InChI=1S/C16H23N3O3S/c1-4-12-14(15(20)22-5-2)13(18-16(21)17-12)10-19(3)9-11-7-6-8-23-11/h6-8,12H,4-5,9-10H2,1-3H3,(H2,17,18,21)/t12-/m1/s1. The summed E-state index contributed by atoms with van der Waals surface area (Å²) in [6.07, 6.45) is 0.639. The second-order valence-corrected chi connectivity index (χ2v) is 6.46. The van der Waals surface area contributed by atoms with Crippen LogP contribution in [0, 0.1) is 0 Å². The first-order chi connectivity index (χ1) is 11.0. The van der Waals surface area contributed by atoms with E-state index in [1.807, 2.05) is 25.4 Å². The van der Waals surface area contributed by atoms with E-state index in [0.717, 1.165) is 6.54 Å². The number of hydrogen-bond acceptors (Lipinski definition) is 5. The van der Waals surface area contributed by atoms with Crippen molar-refractivity contribution in [2.75, 3.05) is 20.2 Å². The van der Waals surface area contributed by atoms with Crippen LogP contribution in [0.15, 0.2) is 28.8 Å². The zero-order valence-corrected chi connectivity index (χ0v) is 14.5. The van der Waals surface area contributed by atoms with E-state index in [1.165, 1.54) is 4.88 Å². The summed E-state index contributed by atoms with van der Waals surface area (Å²) >= 11 is 1.69. The van der Waals surface area contributed by atoms with E-state index < -0.39 is 0 Å². The minimum Gasteiger partial charge on any atom is -0.463 e. The Morgan fingerprint density at radius 2 is 2.17 bits per heavy atom. The molecular weight excluding hydrogens is 314 g/mol. The Bertz CT molecular complexity index is 583. The average Bonchev–Trinajstić information content (AvgIpc) is 2.99. The third-order valence-electron chi connectivity index (χ3n) is 3.58. The van der Waals surface area contributed by atoms with Crippen LogP contribution < -0.4 is 10.6 Å². The van der Waals surface area contributed by atoms with Crippen LogP contribution in [0.25, 0.3) is 0 Å². The van der Waals surface area contributed by atoms with E-state index in [0.29, 0.717) is 30.8 Å². The SMILES string of the molecule is CCOC(=O)C1=C(CN(C)Cc2cccs2)NC(=O)N[C@@H]1CC. The molecule has 2 rings (SSSR count). The summed E-state index contributed by atoms with van der Waals surface area (Å²) < 4.78 is 5.16. The molecule has 0 saturated heterocycles. The number of thiophene rings is 1. The monoisotopic (exact) mass is 337 g/mol. The largest absolute Gasteiger partial charge is 0.463 e. The molecule has 0 unspecified atom stereocenters. The fourth-order valence-electron chi connectivity index (χ4n) is 2.58. The number of ether oxygens (including phenoxy) is 1. The van der Waals surface area contributed by atoms with Gasteiger partial charge in [-0.3, -0.25) is 4.90 Å². The van der Waals surface area contributed by atoms with E-state index in [4.69, 9.17) is 4.74 Å². The Kier molecular flexibility index (Phi) is 6.18. The highest BCUT2D eigenvalue weighted by Crippen LogP contribution is 2.19. The number of amides is 2. The van der Waals surface area contributed by atoms with Crippen LogP contribution in [0.1, 0.15) is 25.1 Å². The zero-order chi connectivity index (χ0) is 16.8. The van der Waals surface area contributed by atoms with Crippen LogP contribution in [-0.4, -0.2) is 43.1 Å². The van der Waals surface area contributed by atoms with Crippen LogP contribution in [0.4, 0.5) is 4.79 Å². The highest BCUT2D eigenvalue weighted by molar-refractivity contribution is 7.09. The summed E-state index contributed by atoms with van der Waals surface area (Å²) in [6, 6.07) is 3.49. The van der Waals surface area contributed by atoms with Gasteiger partial charge in [0, 0.05) is 23.7 Å². The minimum absolute atomic E-state index is 0.274. The van der Waals surface area contributed by atoms with Crippen LogP contribution in [0.5, 0.6) is 0 Å². The smallest absolute Gasteiger partial charge is 0.337 e. The summed E-state index contributed by atoms with van der Waals surface area (Å²) in [4.78, 5) is 27.4. The Morgan fingerprint density at radius 1 is 1.39 bits per heavy atom. The molecule has 6 nitrogen and oxygen atoms in total. The van der Waals surface area contributed by atoms with Crippen LogP contribution in [0.3, 0.4) is 0 Å². The first-order valence-corrected chi connectivity index (χ1v) is 8.61. The number of esters is 1. The van der Waals surface area contributed by atoms with E-state index in [-0.39, 0.29) is 18.0 Å². The Labute approximate surface area is 140 Å². The molecule has 1 atom stereocenters. The summed E-state index contributed by atoms with van der Waals surface area (Å²) in [6.45, 7) is 5.26. The molecule has 1 aromatic rings. The number of nitrogens with one attached hydrogen (secondary N) is 2. The summed E-state index contributed by atoms with van der Waals surface area (Å²) in [5.74, 6) is -0.369. The molecule has 0 spiro atoms. The maximum Gasteiger partial charge on any atom is 0.337 e. The summed E-state index contributed by atoms with van der Waals surface area (Å²) in [7, 11) is 1.96. The average molecular weight is 337 g/mol. The molecule has 1 aliphatic rings. The van der Waals surface area contributed by atoms with Crippen molar-refractivity contribution in [3.8, 4) is 0 Å². The third kappa shape index (κ3) is 4.56. The van der Waals surface area contributed by atoms with Crippen LogP contribution in [-0.2, 0) is 16.1 Å². The maximum atomic E-state index is 12.3. The van der Waals surface area contributed by atoms with Gasteiger partial charge >= 0.3 is 12.0 Å². The van der Waals surface area contributed by atoms with Gasteiger partial charge in [0.25, 0.3) is 0 Å². The van der Waals surface area contributed by atoms with Crippen LogP contribution in [0.2, 0.25) is 0 Å². The lowest BCUT2D eigenvalue weighted by Gasteiger charge is -2.30. The van der Waals surface area contributed by atoms with Gasteiger partial charge in [-0.15, -0.1) is 11.3 Å².